The van der Waals surface area contributed by atoms with Crippen molar-refractivity contribution in [1.82, 2.24) is 0 Å². The number of hydrogen-bond donors (Lipinski definition) is 0. The van der Waals surface area contributed by atoms with Crippen LogP contribution in [0.4, 0.5) is 11.4 Å². The normalized spacial score (nSPS) is 10.2. The lowest BCUT2D eigenvalue weighted by Crippen LogP contribution is -1.82. The van der Waals surface area contributed by atoms with Gasteiger partial charge in [-0.15, -0.1) is 0 Å². The van der Waals surface area contributed by atoms with Crippen LogP contribution in [0.3, 0.4) is 0 Å². The van der Waals surface area contributed by atoms with E-state index in [1.165, 1.54) is 0 Å². The third-order valence-electron chi connectivity index (χ3n) is 2.56. The third-order valence-corrected chi connectivity index (χ3v) is 2.56. The van der Waals surface area contributed by atoms with E-state index < -0.39 is 0 Å². The van der Waals surface area contributed by atoms with Crippen LogP contribution in [0.2, 0.25) is 0 Å². The van der Waals surface area contributed by atoms with E-state index in [9.17, 15) is 0 Å². The monoisotopic (exact) mass is 238 g/mol. The zero-order valence-corrected chi connectivity index (χ0v) is 11.4. The van der Waals surface area contributed by atoms with E-state index in [1.54, 1.807) is 0 Å². The van der Waals surface area contributed by atoms with Gasteiger partial charge in [0.15, 0.2) is 0 Å². The van der Waals surface area contributed by atoms with E-state index >= 15 is 0 Å². The van der Waals surface area contributed by atoms with Crippen molar-refractivity contribution < 1.29 is 0 Å². The number of rotatable bonds is 2. The van der Waals surface area contributed by atoms with E-state index in [-0.39, 0.29) is 0 Å². The van der Waals surface area contributed by atoms with Crippen molar-refractivity contribution in [3.63, 3.8) is 0 Å². The minimum Gasteiger partial charge on any atom is -0.258 e. The fourth-order valence-corrected chi connectivity index (χ4v) is 1.95. The van der Waals surface area contributed by atoms with Crippen molar-refractivity contribution >= 4 is 33.6 Å². The summed E-state index contributed by atoms with van der Waals surface area (Å²) in [6.07, 6.45) is 0. The Morgan fingerprint density at radius 3 is 1.39 bits per heavy atom. The largest absolute Gasteiger partial charge is 0.258 e. The lowest BCUT2D eigenvalue weighted by Gasteiger charge is -2.06. The fraction of sp³-hybridized carbons (Fsp3) is 0.250. The number of aliphatic imine (C=N–C) groups is 2. The second kappa shape index (κ2) is 5.13. The highest BCUT2D eigenvalue weighted by Gasteiger charge is 2.03. The Balaban J connectivity index is 2.73. The fourth-order valence-electron chi connectivity index (χ4n) is 1.95. The van der Waals surface area contributed by atoms with Gasteiger partial charge in [-0.05, 0) is 39.8 Å². The maximum Gasteiger partial charge on any atom is 0.0707 e. The molecule has 0 bridgehead atoms. The summed E-state index contributed by atoms with van der Waals surface area (Å²) < 4.78 is 0. The first-order chi connectivity index (χ1) is 8.58. The molecule has 2 aromatic carbocycles. The minimum atomic E-state index is 1.01. The first-order valence-corrected chi connectivity index (χ1v) is 6.13. The van der Waals surface area contributed by atoms with Crippen LogP contribution < -0.4 is 0 Å². The van der Waals surface area contributed by atoms with E-state index in [2.05, 4.69) is 22.1 Å². The van der Waals surface area contributed by atoms with Gasteiger partial charge in [-0.3, -0.25) is 9.98 Å². The Morgan fingerprint density at radius 2 is 1.06 bits per heavy atom. The summed E-state index contributed by atoms with van der Waals surface area (Å²) >= 11 is 0. The zero-order valence-electron chi connectivity index (χ0n) is 11.4. The lowest BCUT2D eigenvalue weighted by molar-refractivity contribution is 1.48. The summed E-state index contributed by atoms with van der Waals surface area (Å²) in [6, 6.07) is 12.4. The molecule has 92 valence electrons. The zero-order chi connectivity index (χ0) is 13.1. The molecular weight excluding hydrogens is 220 g/mol. The number of benzene rings is 2. The Bertz CT molecular complexity index is 571. The summed E-state index contributed by atoms with van der Waals surface area (Å²) in [5, 5.41) is 2.31. The van der Waals surface area contributed by atoms with Crippen molar-refractivity contribution in [2.45, 2.75) is 27.7 Å². The first-order valence-electron chi connectivity index (χ1n) is 6.13. The van der Waals surface area contributed by atoms with Gasteiger partial charge in [-0.1, -0.05) is 24.3 Å². The molecule has 0 radical (unpaired) electrons. The van der Waals surface area contributed by atoms with Crippen LogP contribution in [0.1, 0.15) is 27.7 Å². The van der Waals surface area contributed by atoms with Crippen LogP contribution in [-0.2, 0) is 0 Å². The van der Waals surface area contributed by atoms with Crippen LogP contribution in [0, 0.1) is 0 Å². The van der Waals surface area contributed by atoms with Gasteiger partial charge in [-0.2, -0.15) is 0 Å². The Morgan fingerprint density at radius 1 is 0.667 bits per heavy atom. The van der Waals surface area contributed by atoms with Gasteiger partial charge >= 0.3 is 0 Å². The molecule has 0 saturated heterocycles. The van der Waals surface area contributed by atoms with E-state index in [0.717, 1.165) is 33.6 Å². The van der Waals surface area contributed by atoms with Crippen LogP contribution in [0.15, 0.2) is 46.4 Å². The molecule has 0 aliphatic rings. The van der Waals surface area contributed by atoms with Gasteiger partial charge in [0, 0.05) is 22.2 Å². The Kier molecular flexibility index (Phi) is 3.56. The van der Waals surface area contributed by atoms with Crippen LogP contribution in [-0.4, -0.2) is 11.4 Å². The molecule has 0 heterocycles. The molecule has 0 unspecified atom stereocenters. The summed E-state index contributed by atoms with van der Waals surface area (Å²) in [5.74, 6) is 0. The molecule has 0 fully saturated rings. The highest BCUT2D eigenvalue weighted by molar-refractivity contribution is 6.02. The molecule has 2 rings (SSSR count). The molecule has 18 heavy (non-hydrogen) atoms. The van der Waals surface area contributed by atoms with Gasteiger partial charge in [0.05, 0.1) is 11.4 Å². The van der Waals surface area contributed by atoms with Gasteiger partial charge in [-0.25, -0.2) is 0 Å². The summed E-state index contributed by atoms with van der Waals surface area (Å²) in [7, 11) is 0. The van der Waals surface area contributed by atoms with Gasteiger partial charge in [0.25, 0.3) is 0 Å². The highest BCUT2D eigenvalue weighted by atomic mass is 14.8. The van der Waals surface area contributed by atoms with Gasteiger partial charge < -0.3 is 0 Å². The topological polar surface area (TPSA) is 24.7 Å². The molecule has 2 nitrogen and oxygen atoms in total. The second-order valence-corrected chi connectivity index (χ2v) is 4.77. The predicted octanol–water partition coefficient (Wildman–Crippen LogP) is 5.06. The standard InChI is InChI=1S/C16H18N2/c1-11(2)17-15-9-5-8-14-13(15)7-6-10-16(14)18-12(3)4/h5-10H,1-4H3. The van der Waals surface area contributed by atoms with Crippen LogP contribution in [0.5, 0.6) is 0 Å². The van der Waals surface area contributed by atoms with Crippen molar-refractivity contribution in [2.75, 3.05) is 0 Å². The molecule has 0 saturated carbocycles. The quantitative estimate of drug-likeness (QED) is 0.653. The summed E-state index contributed by atoms with van der Waals surface area (Å²) in [6.45, 7) is 8.04. The average molecular weight is 238 g/mol. The van der Waals surface area contributed by atoms with Gasteiger partial charge in [0.1, 0.15) is 0 Å². The minimum absolute atomic E-state index is 1.01. The highest BCUT2D eigenvalue weighted by Crippen LogP contribution is 2.32. The van der Waals surface area contributed by atoms with Crippen LogP contribution in [0.25, 0.3) is 10.8 Å². The van der Waals surface area contributed by atoms with E-state index in [4.69, 9.17) is 0 Å². The molecule has 0 aliphatic heterocycles. The molecular formula is C16H18N2. The Labute approximate surface area is 108 Å². The van der Waals surface area contributed by atoms with Gasteiger partial charge in [0.2, 0.25) is 0 Å². The molecule has 0 atom stereocenters. The number of fused-ring (bicyclic) bond motifs is 1. The second-order valence-electron chi connectivity index (χ2n) is 4.77. The van der Waals surface area contributed by atoms with Crippen molar-refractivity contribution in [2.24, 2.45) is 9.98 Å². The summed E-state index contributed by atoms with van der Waals surface area (Å²) in [5.41, 5.74) is 4.14. The van der Waals surface area contributed by atoms with E-state index in [1.807, 2.05) is 52.0 Å². The maximum absolute atomic E-state index is 4.58. The van der Waals surface area contributed by atoms with E-state index in [0.29, 0.717) is 0 Å². The van der Waals surface area contributed by atoms with Crippen LogP contribution >= 0.6 is 0 Å². The predicted molar refractivity (Wildman–Crippen MR) is 80.8 cm³/mol. The first kappa shape index (κ1) is 12.5. The van der Waals surface area contributed by atoms with Crippen molar-refractivity contribution in [3.8, 4) is 0 Å². The average Bonchev–Trinajstić information content (AvgIpc) is 2.29. The number of hydrogen-bond acceptors (Lipinski definition) is 2. The number of nitrogens with zero attached hydrogens (tertiary/aromatic N) is 2. The maximum atomic E-state index is 4.58. The van der Waals surface area contributed by atoms with Crippen molar-refractivity contribution in [1.29, 1.82) is 0 Å². The Hall–Kier alpha value is -1.96. The molecule has 0 spiro atoms. The lowest BCUT2D eigenvalue weighted by atomic mass is 10.1. The smallest absolute Gasteiger partial charge is 0.0707 e. The molecule has 2 heteroatoms. The third kappa shape index (κ3) is 2.65. The molecule has 2 aromatic rings. The molecule has 0 N–H and O–H groups in total. The SMILES string of the molecule is CC(C)=Nc1cccc2c(N=C(C)C)cccc12. The van der Waals surface area contributed by atoms with Crippen molar-refractivity contribution in [3.05, 3.63) is 36.4 Å². The molecule has 0 amide bonds. The molecule has 0 aliphatic carbocycles. The summed E-state index contributed by atoms with van der Waals surface area (Å²) in [4.78, 5) is 9.15. The molecule has 0 aromatic heterocycles.